The molecule has 0 N–H and O–H groups in total. The minimum absolute atomic E-state index is 0.805. The van der Waals surface area contributed by atoms with Crippen molar-refractivity contribution in [1.82, 2.24) is 19.7 Å². The van der Waals surface area contributed by atoms with E-state index in [2.05, 4.69) is 44.8 Å². The van der Waals surface area contributed by atoms with Crippen LogP contribution in [0.15, 0.2) is 16.7 Å². The van der Waals surface area contributed by atoms with E-state index in [4.69, 9.17) is 0 Å². The van der Waals surface area contributed by atoms with Gasteiger partial charge in [0.2, 0.25) is 0 Å². The Hall–Kier alpha value is -1.23. The summed E-state index contributed by atoms with van der Waals surface area (Å²) in [6, 6.07) is 2.04. The molecule has 2 aromatic rings. The summed E-state index contributed by atoms with van der Waals surface area (Å²) in [6.07, 6.45) is 3.52. The number of hydrogen-bond donors (Lipinski definition) is 0. The van der Waals surface area contributed by atoms with E-state index in [1.165, 1.54) is 0 Å². The van der Waals surface area contributed by atoms with Crippen molar-refractivity contribution < 1.29 is 0 Å². The van der Waals surface area contributed by atoms with Crippen molar-refractivity contribution in [2.75, 3.05) is 0 Å². The number of nitrogens with zero attached hydrogens (tertiary/aromatic N) is 4. The van der Waals surface area contributed by atoms with Gasteiger partial charge >= 0.3 is 0 Å². The summed E-state index contributed by atoms with van der Waals surface area (Å²) in [5, 5.41) is 4.47. The molecule has 0 bridgehead atoms. The van der Waals surface area contributed by atoms with Crippen LogP contribution in [0.1, 0.15) is 31.1 Å². The zero-order chi connectivity index (χ0) is 12.4. The molecule has 0 radical (unpaired) electrons. The number of rotatable bonds is 3. The van der Waals surface area contributed by atoms with E-state index in [1.54, 1.807) is 0 Å². The van der Waals surface area contributed by atoms with E-state index in [-0.39, 0.29) is 0 Å². The van der Waals surface area contributed by atoms with E-state index in [0.717, 1.165) is 40.3 Å². The fourth-order valence-corrected chi connectivity index (χ4v) is 2.25. The number of pyridine rings is 1. The largest absolute Gasteiger partial charge is 0.236 e. The first-order valence-electron chi connectivity index (χ1n) is 5.73. The minimum atomic E-state index is 0.805. The molecule has 0 aliphatic rings. The van der Waals surface area contributed by atoms with Gasteiger partial charge < -0.3 is 0 Å². The van der Waals surface area contributed by atoms with Crippen LogP contribution in [-0.4, -0.2) is 19.7 Å². The Morgan fingerprint density at radius 1 is 1.29 bits per heavy atom. The van der Waals surface area contributed by atoms with Gasteiger partial charge in [0.25, 0.3) is 0 Å². The third-order valence-corrected chi connectivity index (χ3v) is 3.09. The first-order valence-corrected chi connectivity index (χ1v) is 6.52. The fourth-order valence-electron chi connectivity index (χ4n) is 1.62. The topological polar surface area (TPSA) is 43.6 Å². The Bertz CT molecular complexity index is 533. The Morgan fingerprint density at radius 2 is 2.06 bits per heavy atom. The molecule has 0 aliphatic heterocycles. The number of aromatic nitrogens is 4. The number of halogens is 1. The van der Waals surface area contributed by atoms with Gasteiger partial charge in [-0.25, -0.2) is 9.97 Å². The molecule has 0 amide bonds. The Labute approximate surface area is 109 Å². The van der Waals surface area contributed by atoms with Crippen LogP contribution in [0.5, 0.6) is 0 Å². The predicted molar refractivity (Wildman–Crippen MR) is 70.3 cm³/mol. The van der Waals surface area contributed by atoms with E-state index in [9.17, 15) is 0 Å². The smallest absolute Gasteiger partial charge is 0.169 e. The van der Waals surface area contributed by atoms with Gasteiger partial charge in [-0.1, -0.05) is 13.8 Å². The lowest BCUT2D eigenvalue weighted by Crippen LogP contribution is -2.05. The van der Waals surface area contributed by atoms with Gasteiger partial charge in [-0.3, -0.25) is 0 Å². The molecule has 0 aliphatic carbocycles. The highest BCUT2D eigenvalue weighted by Gasteiger charge is 2.12. The van der Waals surface area contributed by atoms with E-state index >= 15 is 0 Å². The third-order valence-electron chi connectivity index (χ3n) is 2.51. The first kappa shape index (κ1) is 12.2. The van der Waals surface area contributed by atoms with Crippen molar-refractivity contribution in [2.45, 2.75) is 33.6 Å². The first-order chi connectivity index (χ1) is 8.15. The monoisotopic (exact) mass is 294 g/mol. The van der Waals surface area contributed by atoms with Gasteiger partial charge in [-0.15, -0.1) is 5.10 Å². The highest BCUT2D eigenvalue weighted by Crippen LogP contribution is 2.20. The molecule has 0 saturated carbocycles. The molecule has 2 rings (SSSR count). The van der Waals surface area contributed by atoms with Crippen molar-refractivity contribution in [1.29, 1.82) is 0 Å². The van der Waals surface area contributed by atoms with Crippen molar-refractivity contribution >= 4 is 15.9 Å². The molecular weight excluding hydrogens is 280 g/mol. The molecule has 2 heterocycles. The van der Waals surface area contributed by atoms with Gasteiger partial charge in [0, 0.05) is 19.0 Å². The zero-order valence-electron chi connectivity index (χ0n) is 10.2. The van der Waals surface area contributed by atoms with Crippen LogP contribution in [0.25, 0.3) is 5.82 Å². The fraction of sp³-hybridized carbons (Fsp3) is 0.417. The molecule has 2 aromatic heterocycles. The van der Waals surface area contributed by atoms with Gasteiger partial charge in [0.1, 0.15) is 5.82 Å². The summed E-state index contributed by atoms with van der Waals surface area (Å²) in [7, 11) is 0. The predicted octanol–water partition coefficient (Wildman–Crippen LogP) is 2.86. The van der Waals surface area contributed by atoms with E-state index in [1.807, 2.05) is 23.9 Å². The maximum atomic E-state index is 4.48. The van der Waals surface area contributed by atoms with Crippen LogP contribution in [0.3, 0.4) is 0 Å². The molecule has 90 valence electrons. The Morgan fingerprint density at radius 3 is 2.65 bits per heavy atom. The summed E-state index contributed by atoms with van der Waals surface area (Å²) in [6.45, 7) is 6.14. The normalized spacial score (nSPS) is 10.8. The van der Waals surface area contributed by atoms with Crippen molar-refractivity contribution in [3.05, 3.63) is 33.9 Å². The lowest BCUT2D eigenvalue weighted by Gasteiger charge is -2.06. The minimum Gasteiger partial charge on any atom is -0.236 e. The summed E-state index contributed by atoms with van der Waals surface area (Å²) in [5.74, 6) is 2.61. The van der Waals surface area contributed by atoms with Crippen molar-refractivity contribution in [3.8, 4) is 5.82 Å². The molecule has 17 heavy (non-hydrogen) atoms. The van der Waals surface area contributed by atoms with Crippen LogP contribution in [-0.2, 0) is 12.8 Å². The third kappa shape index (κ3) is 2.39. The molecule has 0 aromatic carbocycles. The quantitative estimate of drug-likeness (QED) is 0.874. The maximum Gasteiger partial charge on any atom is 0.169 e. The highest BCUT2D eigenvalue weighted by molar-refractivity contribution is 9.10. The number of aryl methyl sites for hydroxylation is 3. The van der Waals surface area contributed by atoms with Crippen LogP contribution in [0.4, 0.5) is 0 Å². The summed E-state index contributed by atoms with van der Waals surface area (Å²) in [5.41, 5.74) is 1.12. The second-order valence-electron chi connectivity index (χ2n) is 3.88. The number of hydrogen-bond acceptors (Lipinski definition) is 3. The van der Waals surface area contributed by atoms with E-state index < -0.39 is 0 Å². The highest BCUT2D eigenvalue weighted by atomic mass is 79.9. The SMILES string of the molecule is CCc1nc(CC)n(-c2ncc(C)cc2Br)n1. The van der Waals surface area contributed by atoms with E-state index in [0.29, 0.717) is 0 Å². The van der Waals surface area contributed by atoms with Gasteiger partial charge in [0.05, 0.1) is 4.47 Å². The molecule has 0 atom stereocenters. The van der Waals surface area contributed by atoms with Crippen LogP contribution >= 0.6 is 15.9 Å². The summed E-state index contributed by atoms with van der Waals surface area (Å²) < 4.78 is 2.77. The molecule has 5 heteroatoms. The average molecular weight is 295 g/mol. The lowest BCUT2D eigenvalue weighted by molar-refractivity contribution is 0.765. The molecule has 0 unspecified atom stereocenters. The van der Waals surface area contributed by atoms with Crippen molar-refractivity contribution in [2.24, 2.45) is 0 Å². The Kier molecular flexibility index (Phi) is 3.57. The van der Waals surface area contributed by atoms with Crippen LogP contribution < -0.4 is 0 Å². The molecule has 0 spiro atoms. The zero-order valence-corrected chi connectivity index (χ0v) is 11.8. The molecular formula is C12H15BrN4. The van der Waals surface area contributed by atoms with Gasteiger partial charge in [-0.2, -0.15) is 4.68 Å². The second kappa shape index (κ2) is 4.96. The lowest BCUT2D eigenvalue weighted by atomic mass is 10.3. The Balaban J connectivity index is 2.55. The average Bonchev–Trinajstić information content (AvgIpc) is 2.72. The summed E-state index contributed by atoms with van der Waals surface area (Å²) in [4.78, 5) is 8.90. The molecule has 0 fully saturated rings. The van der Waals surface area contributed by atoms with Gasteiger partial charge in [-0.05, 0) is 34.5 Å². The van der Waals surface area contributed by atoms with Crippen LogP contribution in [0.2, 0.25) is 0 Å². The van der Waals surface area contributed by atoms with Crippen LogP contribution in [0, 0.1) is 6.92 Å². The standard InChI is InChI=1S/C12H15BrN4/c1-4-10-15-11(5-2)17(16-10)12-9(13)6-8(3)7-14-12/h6-7H,4-5H2,1-3H3. The molecule has 4 nitrogen and oxygen atoms in total. The maximum absolute atomic E-state index is 4.48. The second-order valence-corrected chi connectivity index (χ2v) is 4.74. The van der Waals surface area contributed by atoms with Crippen molar-refractivity contribution in [3.63, 3.8) is 0 Å². The molecule has 0 saturated heterocycles. The summed E-state index contributed by atoms with van der Waals surface area (Å²) >= 11 is 3.53. The van der Waals surface area contributed by atoms with Gasteiger partial charge in [0.15, 0.2) is 11.6 Å².